The van der Waals surface area contributed by atoms with E-state index < -0.39 is 0 Å². The van der Waals surface area contributed by atoms with Crippen LogP contribution in [0.4, 0.5) is 4.39 Å². The fourth-order valence-electron chi connectivity index (χ4n) is 3.40. The lowest BCUT2D eigenvalue weighted by molar-refractivity contribution is -0.671. The molecule has 2 heterocycles. The minimum absolute atomic E-state index is 0.141. The van der Waals surface area contributed by atoms with Gasteiger partial charge in [-0.05, 0) is 65.9 Å². The number of hydrogen-bond acceptors (Lipinski definition) is 2. The van der Waals surface area contributed by atoms with Crippen molar-refractivity contribution in [2.24, 2.45) is 7.05 Å². The molecule has 0 saturated heterocycles. The monoisotopic (exact) mass is 439 g/mol. The van der Waals surface area contributed by atoms with Gasteiger partial charge in [-0.1, -0.05) is 17.9 Å². The lowest BCUT2D eigenvalue weighted by Crippen LogP contribution is -2.25. The van der Waals surface area contributed by atoms with Crippen molar-refractivity contribution in [3.05, 3.63) is 107 Å². The molecule has 0 aliphatic rings. The molecule has 0 bridgehead atoms. The zero-order valence-corrected chi connectivity index (χ0v) is 18.3. The molecular weight excluding hydrogens is 415 g/mol. The number of carbonyl (C=O) groups excluding carboxylic acids is 1. The molecule has 5 nitrogen and oxygen atoms in total. The molecule has 33 heavy (non-hydrogen) atoms. The first-order chi connectivity index (χ1) is 16.1. The summed E-state index contributed by atoms with van der Waals surface area (Å²) in [5, 5.41) is 9.69. The second-order valence-electron chi connectivity index (χ2n) is 7.74. The molecule has 2 aromatic heterocycles. The van der Waals surface area contributed by atoms with E-state index in [1.807, 2.05) is 60.5 Å². The molecule has 0 aliphatic heterocycles. The van der Waals surface area contributed by atoms with Crippen molar-refractivity contribution in [3.63, 3.8) is 0 Å². The van der Waals surface area contributed by atoms with Gasteiger partial charge < -0.3 is 5.32 Å². The van der Waals surface area contributed by atoms with E-state index in [2.05, 4.69) is 27.4 Å². The third-order valence-electron chi connectivity index (χ3n) is 5.24. The maximum absolute atomic E-state index is 13.2. The van der Waals surface area contributed by atoms with Crippen molar-refractivity contribution in [1.29, 1.82) is 0 Å². The fraction of sp³-hybridized carbons (Fsp3) is 0.148. The zero-order chi connectivity index (χ0) is 23.0. The van der Waals surface area contributed by atoms with Gasteiger partial charge >= 0.3 is 0 Å². The van der Waals surface area contributed by atoms with Crippen LogP contribution in [0.2, 0.25) is 0 Å². The molecule has 4 rings (SSSR count). The van der Waals surface area contributed by atoms with Crippen LogP contribution >= 0.6 is 0 Å². The Morgan fingerprint density at radius 3 is 2.61 bits per heavy atom. The number of rotatable bonds is 6. The number of amides is 1. The Balaban J connectivity index is 1.56. The van der Waals surface area contributed by atoms with Crippen LogP contribution in [0.25, 0.3) is 11.1 Å². The predicted octanol–water partition coefficient (Wildman–Crippen LogP) is 3.80. The van der Waals surface area contributed by atoms with Crippen LogP contribution in [0.5, 0.6) is 0 Å². The van der Waals surface area contributed by atoms with Gasteiger partial charge in [-0.3, -0.25) is 9.89 Å². The Hall–Kier alpha value is -4.24. The molecule has 4 aromatic rings. The summed E-state index contributed by atoms with van der Waals surface area (Å²) in [4.78, 5) is 12.7. The minimum atomic E-state index is -0.301. The molecule has 6 heteroatoms. The van der Waals surface area contributed by atoms with E-state index in [-0.39, 0.29) is 11.7 Å². The van der Waals surface area contributed by atoms with E-state index in [4.69, 9.17) is 0 Å². The lowest BCUT2D eigenvalue weighted by atomic mass is 9.97. The number of benzene rings is 2. The molecule has 0 aliphatic carbocycles. The van der Waals surface area contributed by atoms with Crippen LogP contribution in [0.1, 0.15) is 33.5 Å². The zero-order valence-electron chi connectivity index (χ0n) is 18.3. The summed E-state index contributed by atoms with van der Waals surface area (Å²) in [5.41, 5.74) is 5.04. The van der Waals surface area contributed by atoms with E-state index in [0.29, 0.717) is 17.7 Å². The van der Waals surface area contributed by atoms with Gasteiger partial charge in [-0.2, -0.15) is 5.10 Å². The summed E-state index contributed by atoms with van der Waals surface area (Å²) in [6.45, 7) is 0.567. The second kappa shape index (κ2) is 10.4. The van der Waals surface area contributed by atoms with Crippen molar-refractivity contribution in [3.8, 4) is 23.0 Å². The molecule has 0 fully saturated rings. The first-order valence-electron chi connectivity index (χ1n) is 10.7. The first-order valence-corrected chi connectivity index (χ1v) is 10.7. The molecule has 0 saturated carbocycles. The van der Waals surface area contributed by atoms with Gasteiger partial charge in [0.2, 0.25) is 0 Å². The standard InChI is InChI=1S/C27H23FN4O/c1-32-15-12-22(13-16-32)26-11-8-24(27(33)29-14-2-3-21-18-30-31-19-21)17-23(26)7-4-20-5-9-25(28)10-6-20/h5-6,8-13,15-19H,2-3,14H2,1H3,(H-,29,30,31,33)/p+1. The van der Waals surface area contributed by atoms with Crippen LogP contribution in [0, 0.1) is 17.7 Å². The summed E-state index contributed by atoms with van der Waals surface area (Å²) in [6.07, 6.45) is 9.24. The number of carbonyl (C=O) groups is 1. The quantitative estimate of drug-likeness (QED) is 0.273. The van der Waals surface area contributed by atoms with Gasteiger partial charge in [0, 0.05) is 41.6 Å². The van der Waals surface area contributed by atoms with Crippen molar-refractivity contribution in [2.45, 2.75) is 12.8 Å². The Bertz CT molecular complexity index is 1280. The van der Waals surface area contributed by atoms with Gasteiger partial charge in [0.05, 0.1) is 6.20 Å². The molecule has 0 spiro atoms. The molecule has 0 atom stereocenters. The molecule has 0 unspecified atom stereocenters. The highest BCUT2D eigenvalue weighted by molar-refractivity contribution is 5.95. The third kappa shape index (κ3) is 5.92. The van der Waals surface area contributed by atoms with Gasteiger partial charge in [-0.15, -0.1) is 0 Å². The Labute approximate surface area is 192 Å². The van der Waals surface area contributed by atoms with Crippen molar-refractivity contribution in [2.75, 3.05) is 6.54 Å². The number of hydrogen-bond donors (Lipinski definition) is 2. The van der Waals surface area contributed by atoms with Crippen molar-refractivity contribution < 1.29 is 13.8 Å². The largest absolute Gasteiger partial charge is 0.352 e. The number of nitrogens with zero attached hydrogens (tertiary/aromatic N) is 2. The van der Waals surface area contributed by atoms with Crippen LogP contribution < -0.4 is 9.88 Å². The van der Waals surface area contributed by atoms with E-state index in [0.717, 1.165) is 35.1 Å². The fourth-order valence-corrected chi connectivity index (χ4v) is 3.40. The van der Waals surface area contributed by atoms with Crippen molar-refractivity contribution in [1.82, 2.24) is 15.5 Å². The van der Waals surface area contributed by atoms with Gasteiger partial charge in [0.25, 0.3) is 5.91 Å². The highest BCUT2D eigenvalue weighted by Crippen LogP contribution is 2.24. The molecule has 1 amide bonds. The van der Waals surface area contributed by atoms with E-state index in [1.54, 1.807) is 18.3 Å². The Kier molecular flexibility index (Phi) is 6.91. The summed E-state index contributed by atoms with van der Waals surface area (Å²) in [5.74, 6) is 5.81. The summed E-state index contributed by atoms with van der Waals surface area (Å²) in [7, 11) is 1.96. The van der Waals surface area contributed by atoms with Gasteiger partial charge in [0.1, 0.15) is 12.9 Å². The average molecular weight is 440 g/mol. The van der Waals surface area contributed by atoms with Crippen LogP contribution in [-0.4, -0.2) is 22.6 Å². The Morgan fingerprint density at radius 2 is 1.88 bits per heavy atom. The van der Waals surface area contributed by atoms with Crippen LogP contribution in [-0.2, 0) is 13.5 Å². The highest BCUT2D eigenvalue weighted by atomic mass is 19.1. The molecular formula is C27H24FN4O+. The number of pyridine rings is 1. The molecule has 2 aromatic carbocycles. The average Bonchev–Trinajstić information content (AvgIpc) is 3.35. The predicted molar refractivity (Wildman–Crippen MR) is 125 cm³/mol. The SMILES string of the molecule is C[n+]1ccc(-c2ccc(C(=O)NCCCc3cn[nH]c3)cc2C#Cc2ccc(F)cc2)cc1. The van der Waals surface area contributed by atoms with Gasteiger partial charge in [-0.25, -0.2) is 8.96 Å². The summed E-state index contributed by atoms with van der Waals surface area (Å²) in [6, 6.07) is 15.6. The number of halogens is 1. The number of aromatic nitrogens is 3. The maximum atomic E-state index is 13.2. The maximum Gasteiger partial charge on any atom is 0.251 e. The molecule has 0 radical (unpaired) electrons. The van der Waals surface area contributed by atoms with E-state index >= 15 is 0 Å². The van der Waals surface area contributed by atoms with E-state index in [1.165, 1.54) is 12.1 Å². The van der Waals surface area contributed by atoms with Crippen LogP contribution in [0.3, 0.4) is 0 Å². The number of nitrogens with one attached hydrogen (secondary N) is 2. The lowest BCUT2D eigenvalue weighted by Gasteiger charge is -2.09. The molecule has 2 N–H and O–H groups in total. The van der Waals surface area contributed by atoms with Crippen molar-refractivity contribution >= 4 is 5.91 Å². The molecule has 164 valence electrons. The topological polar surface area (TPSA) is 61.7 Å². The highest BCUT2D eigenvalue weighted by Gasteiger charge is 2.11. The normalized spacial score (nSPS) is 10.4. The summed E-state index contributed by atoms with van der Waals surface area (Å²) >= 11 is 0. The number of aryl methyl sites for hydroxylation is 2. The van der Waals surface area contributed by atoms with E-state index in [9.17, 15) is 9.18 Å². The smallest absolute Gasteiger partial charge is 0.251 e. The minimum Gasteiger partial charge on any atom is -0.352 e. The van der Waals surface area contributed by atoms with Crippen LogP contribution in [0.15, 0.2) is 79.4 Å². The number of H-pyrrole nitrogens is 1. The Morgan fingerprint density at radius 1 is 1.09 bits per heavy atom. The third-order valence-corrected chi connectivity index (χ3v) is 5.24. The second-order valence-corrected chi connectivity index (χ2v) is 7.74. The van der Waals surface area contributed by atoms with Gasteiger partial charge in [0.15, 0.2) is 12.4 Å². The summed E-state index contributed by atoms with van der Waals surface area (Å²) < 4.78 is 15.2. The number of aromatic amines is 1. The first kappa shape index (κ1) is 22.0.